The van der Waals surface area contributed by atoms with E-state index in [2.05, 4.69) is 158 Å². The summed E-state index contributed by atoms with van der Waals surface area (Å²) in [7, 11) is 0. The molecule has 0 unspecified atom stereocenters. The summed E-state index contributed by atoms with van der Waals surface area (Å²) in [4.78, 5) is 0. The first kappa shape index (κ1) is 48.7. The third-order valence-corrected chi connectivity index (χ3v) is 15.3. The molecule has 0 heterocycles. The van der Waals surface area contributed by atoms with E-state index in [-0.39, 0.29) is 24.8 Å². The average Bonchev–Trinajstić information content (AvgIpc) is 3.90. The number of hydrogen-bond donors (Lipinski definition) is 0. The van der Waals surface area contributed by atoms with Crippen LogP contribution in [0.25, 0.3) is 68.1 Å². The van der Waals surface area contributed by atoms with Crippen molar-refractivity contribution in [1.82, 2.24) is 0 Å². The summed E-state index contributed by atoms with van der Waals surface area (Å²) in [5.41, 5.74) is 7.23. The second kappa shape index (κ2) is 22.9. The molecule has 6 aromatic carbocycles. The minimum Gasteiger partial charge on any atom is -1.00 e. The second-order valence-corrected chi connectivity index (χ2v) is 25.4. The summed E-state index contributed by atoms with van der Waals surface area (Å²) in [6.07, 6.45) is 26.1. The molecular formula is C56H53Cl2F3SiZr-2. The summed E-state index contributed by atoms with van der Waals surface area (Å²) >= 11 is 1.29. The summed E-state index contributed by atoms with van der Waals surface area (Å²) in [6.45, 7) is 1.93. The predicted octanol–water partition coefficient (Wildman–Crippen LogP) is 7.05. The maximum absolute atomic E-state index is 11.4. The zero-order chi connectivity index (χ0) is 42.2. The number of allylic oxidation sites excluding steroid dienone is 4. The van der Waals surface area contributed by atoms with Crippen LogP contribution in [-0.2, 0) is 23.3 Å². The van der Waals surface area contributed by atoms with Gasteiger partial charge in [-0.3, -0.25) is 0 Å². The van der Waals surface area contributed by atoms with Crippen LogP contribution in [0, 0.1) is 11.8 Å². The van der Waals surface area contributed by atoms with Crippen molar-refractivity contribution in [3.63, 3.8) is 0 Å². The zero-order valence-corrected chi connectivity index (χ0v) is 40.9. The fraction of sp³-hybridized carbons (Fsp3) is 0.286. The zero-order valence-electron chi connectivity index (χ0n) is 35.9. The third-order valence-electron chi connectivity index (χ3n) is 12.4. The summed E-state index contributed by atoms with van der Waals surface area (Å²) in [5, 5.41) is 10.4. The van der Waals surface area contributed by atoms with Gasteiger partial charge in [0.1, 0.15) is 0 Å². The Hall–Kier alpha value is -3.73. The molecule has 4 aliphatic rings. The van der Waals surface area contributed by atoms with E-state index in [4.69, 9.17) is 0 Å². The number of halogens is 5. The van der Waals surface area contributed by atoms with Gasteiger partial charge in [0, 0.05) is 0 Å². The maximum Gasteiger partial charge on any atom is -0.0112 e. The molecule has 10 rings (SSSR count). The van der Waals surface area contributed by atoms with Crippen LogP contribution in [0.5, 0.6) is 0 Å². The van der Waals surface area contributed by atoms with Gasteiger partial charge in [0.15, 0.2) is 0 Å². The number of rotatable bonds is 6. The summed E-state index contributed by atoms with van der Waals surface area (Å²) in [5.74, 6) is 1.47. The van der Waals surface area contributed by atoms with Crippen molar-refractivity contribution in [2.45, 2.75) is 89.4 Å². The van der Waals surface area contributed by atoms with Crippen LogP contribution in [-0.4, -0.2) is 11.6 Å². The van der Waals surface area contributed by atoms with Crippen molar-refractivity contribution >= 4 is 51.3 Å². The second-order valence-electron chi connectivity index (χ2n) is 17.1. The van der Waals surface area contributed by atoms with Crippen molar-refractivity contribution in [2.75, 3.05) is 0 Å². The van der Waals surface area contributed by atoms with Crippen molar-refractivity contribution in [1.29, 1.82) is 0 Å². The molecule has 2 saturated carbocycles. The predicted molar refractivity (Wildman–Crippen MR) is 249 cm³/mol. The average molecular weight is 973 g/mol. The topological polar surface area (TPSA) is 0 Å². The first-order valence-electron chi connectivity index (χ1n) is 22.2. The van der Waals surface area contributed by atoms with E-state index in [1.165, 1.54) is 163 Å². The van der Waals surface area contributed by atoms with Gasteiger partial charge in [-0.2, -0.15) is 0 Å². The van der Waals surface area contributed by atoms with Crippen LogP contribution >= 0.6 is 0 Å². The van der Waals surface area contributed by atoms with E-state index in [0.717, 1.165) is 11.8 Å². The Morgan fingerprint density at radius 3 is 1.32 bits per heavy atom. The van der Waals surface area contributed by atoms with Gasteiger partial charge in [-0.05, 0) is 44.5 Å². The number of hydrogen-bond acceptors (Lipinski definition) is 0. The monoisotopic (exact) mass is 970 g/mol. The smallest absolute Gasteiger partial charge is 0.0112 e. The molecule has 0 aliphatic heterocycles. The number of fused-ring (bicyclic) bond motifs is 4. The molecule has 7 heteroatoms. The van der Waals surface area contributed by atoms with Gasteiger partial charge in [0.05, 0.1) is 0 Å². The molecule has 0 saturated heterocycles. The Bertz CT molecular complexity index is 2670. The van der Waals surface area contributed by atoms with E-state index in [9.17, 15) is 13.2 Å². The molecule has 2 fully saturated rings. The molecule has 4 aliphatic carbocycles. The molecule has 0 atom stereocenters. The summed E-state index contributed by atoms with van der Waals surface area (Å²) < 4.78 is 34.3. The van der Waals surface area contributed by atoms with Gasteiger partial charge in [0.25, 0.3) is 0 Å². The Morgan fingerprint density at radius 2 is 0.921 bits per heavy atom. The third kappa shape index (κ3) is 12.8. The van der Waals surface area contributed by atoms with E-state index in [0.29, 0.717) is 6.04 Å². The molecule has 0 radical (unpaired) electrons. The molecule has 0 nitrogen and oxygen atoms in total. The van der Waals surface area contributed by atoms with Crippen LogP contribution in [0.3, 0.4) is 0 Å². The van der Waals surface area contributed by atoms with E-state index < -0.39 is 18.0 Å². The molecule has 0 aromatic heterocycles. The largest absolute Gasteiger partial charge is 1.00 e. The molecule has 0 amide bonds. The molecule has 6 aromatic rings. The fourth-order valence-electron chi connectivity index (χ4n) is 9.36. The summed E-state index contributed by atoms with van der Waals surface area (Å²) in [6, 6.07) is 44.1. The Balaban J connectivity index is 0.000000172. The minimum atomic E-state index is -3.93. The van der Waals surface area contributed by atoms with Gasteiger partial charge >= 0.3 is 67.1 Å². The van der Waals surface area contributed by atoms with Gasteiger partial charge in [-0.1, -0.05) is 185 Å². The maximum atomic E-state index is 11.4. The first-order chi connectivity index (χ1) is 29.7. The van der Waals surface area contributed by atoms with E-state index in [1.807, 2.05) is 6.55 Å². The van der Waals surface area contributed by atoms with Crippen molar-refractivity contribution in [2.24, 2.45) is 11.8 Å². The van der Waals surface area contributed by atoms with Crippen molar-refractivity contribution in [3.05, 3.63) is 166 Å². The number of benzene rings is 6. The van der Waals surface area contributed by atoms with E-state index in [1.54, 1.807) is 0 Å². The standard InChI is InChI=1S/2C26H23.C4H7F3Si.2ClH.Zr/c2*1-2-8-19(9-3-1)16-20-17-22-12-7-15-25(26(22)18-20)24-14-6-11-21-10-4-5-13-23(21)24;1-8-3-2-4(5,6)7;;;/h2*4-7,10-16,18-19H,1-3,8-9H2;2-3H2,1H3;2*1H;/q2*-1;;;;+2/p-2. The van der Waals surface area contributed by atoms with Crippen molar-refractivity contribution < 1.29 is 61.3 Å². The van der Waals surface area contributed by atoms with Gasteiger partial charge < -0.3 is 24.8 Å². The van der Waals surface area contributed by atoms with Crippen LogP contribution in [0.15, 0.2) is 145 Å². The minimum absolute atomic E-state index is 0. The first-order valence-corrected chi connectivity index (χ1v) is 28.1. The van der Waals surface area contributed by atoms with Gasteiger partial charge in [-0.15, -0.1) is 80.6 Å². The Labute approximate surface area is 398 Å². The van der Waals surface area contributed by atoms with Gasteiger partial charge in [0.2, 0.25) is 0 Å². The van der Waals surface area contributed by atoms with Crippen LogP contribution in [0.1, 0.15) is 70.6 Å². The molecule has 0 bridgehead atoms. The SMILES string of the molecule is C[Si](=[Zr+2])CCC(F)(F)F.[C-]1=c2cccc(-c3cccc4ccccc34)c2=CC1=CC1CCCCC1.[C-]1=c2cccc(-c3cccc4ccccc34)c2=CC1=CC1CCCCC1.[Cl-].[Cl-]. The molecule has 63 heavy (non-hydrogen) atoms. The van der Waals surface area contributed by atoms with E-state index >= 15 is 0 Å². The Kier molecular flexibility index (Phi) is 17.7. The fourth-order valence-corrected chi connectivity index (χ4v) is 10.9. The molecule has 0 N–H and O–H groups in total. The van der Waals surface area contributed by atoms with Crippen LogP contribution in [0.4, 0.5) is 13.2 Å². The number of alkyl halides is 3. The normalized spacial score (nSPS) is 17.0. The molecular weight excluding hydrogens is 920 g/mol. The quantitative estimate of drug-likeness (QED) is 0.124. The molecule has 322 valence electrons. The van der Waals surface area contributed by atoms with Gasteiger partial charge in [-0.25, -0.2) is 0 Å². The molecule has 0 spiro atoms. The van der Waals surface area contributed by atoms with Crippen LogP contribution < -0.4 is 45.7 Å². The van der Waals surface area contributed by atoms with Crippen molar-refractivity contribution in [3.8, 4) is 22.3 Å². The Morgan fingerprint density at radius 1 is 0.540 bits per heavy atom. The van der Waals surface area contributed by atoms with Crippen LogP contribution in [0.2, 0.25) is 12.6 Å².